The maximum absolute atomic E-state index is 5.82. The van der Waals surface area contributed by atoms with Crippen LogP contribution in [0, 0.1) is 6.92 Å². The van der Waals surface area contributed by atoms with E-state index in [9.17, 15) is 0 Å². The molecule has 1 aromatic carbocycles. The Labute approximate surface area is 73.6 Å². The van der Waals surface area contributed by atoms with Crippen molar-refractivity contribution >= 4 is 11.4 Å². The largest absolute Gasteiger partial charge is 0.399 e. The fourth-order valence-corrected chi connectivity index (χ4v) is 1.28. The molecule has 2 nitrogen and oxygen atoms in total. The van der Waals surface area contributed by atoms with Gasteiger partial charge in [-0.3, -0.25) is 0 Å². The molecule has 0 aromatic heterocycles. The molecule has 0 amide bonds. The summed E-state index contributed by atoms with van der Waals surface area (Å²) in [6.07, 6.45) is 2.11. The molecule has 0 spiro atoms. The molecule has 0 saturated carbocycles. The Morgan fingerprint density at radius 1 is 1.17 bits per heavy atom. The van der Waals surface area contributed by atoms with Gasteiger partial charge in [0, 0.05) is 11.4 Å². The van der Waals surface area contributed by atoms with Crippen molar-refractivity contribution in [1.29, 1.82) is 0 Å². The van der Waals surface area contributed by atoms with Gasteiger partial charge in [-0.15, -0.1) is 0 Å². The van der Waals surface area contributed by atoms with Crippen LogP contribution in [0.5, 0.6) is 0 Å². The van der Waals surface area contributed by atoms with Gasteiger partial charge in [-0.1, -0.05) is 13.3 Å². The number of hydrogen-bond acceptors (Lipinski definition) is 2. The van der Waals surface area contributed by atoms with Crippen LogP contribution in [-0.4, -0.2) is 0 Å². The molecule has 1 aromatic rings. The summed E-state index contributed by atoms with van der Waals surface area (Å²) >= 11 is 0. The predicted octanol–water partition coefficient (Wildman–Crippen LogP) is 2.11. The Morgan fingerprint density at radius 3 is 2.42 bits per heavy atom. The van der Waals surface area contributed by atoms with E-state index in [0.717, 1.165) is 29.8 Å². The van der Waals surface area contributed by atoms with Crippen LogP contribution in [0.25, 0.3) is 0 Å². The van der Waals surface area contributed by atoms with Gasteiger partial charge in [0.25, 0.3) is 0 Å². The molecule has 0 heterocycles. The van der Waals surface area contributed by atoms with Crippen molar-refractivity contribution in [2.75, 3.05) is 11.5 Å². The Bertz CT molecular complexity index is 279. The highest BCUT2D eigenvalue weighted by molar-refractivity contribution is 5.59. The van der Waals surface area contributed by atoms with Crippen molar-refractivity contribution in [3.8, 4) is 0 Å². The highest BCUT2D eigenvalue weighted by Gasteiger charge is 2.01. The first kappa shape index (κ1) is 8.91. The number of anilines is 2. The van der Waals surface area contributed by atoms with Gasteiger partial charge >= 0.3 is 0 Å². The Hall–Kier alpha value is -1.18. The lowest BCUT2D eigenvalue weighted by molar-refractivity contribution is 0.924. The molecule has 4 N–H and O–H groups in total. The molecule has 0 aliphatic carbocycles. The van der Waals surface area contributed by atoms with Crippen molar-refractivity contribution in [2.45, 2.75) is 26.7 Å². The summed E-state index contributed by atoms with van der Waals surface area (Å²) in [7, 11) is 0. The third-order valence-corrected chi connectivity index (χ3v) is 2.05. The highest BCUT2D eigenvalue weighted by Crippen LogP contribution is 2.21. The minimum Gasteiger partial charge on any atom is -0.399 e. The van der Waals surface area contributed by atoms with E-state index in [-0.39, 0.29) is 0 Å². The average Bonchev–Trinajstić information content (AvgIpc) is 2.01. The molecule has 0 saturated heterocycles. The molecular formula is C10H16N2. The summed E-state index contributed by atoms with van der Waals surface area (Å²) in [4.78, 5) is 0. The molecule has 0 bridgehead atoms. The molecule has 0 fully saturated rings. The summed E-state index contributed by atoms with van der Waals surface area (Å²) in [5.41, 5.74) is 15.5. The van der Waals surface area contributed by atoms with Gasteiger partial charge in [-0.05, 0) is 36.6 Å². The van der Waals surface area contributed by atoms with Gasteiger partial charge in [-0.25, -0.2) is 0 Å². The number of nitrogen functional groups attached to an aromatic ring is 2. The zero-order chi connectivity index (χ0) is 9.14. The van der Waals surface area contributed by atoms with Gasteiger partial charge < -0.3 is 11.5 Å². The third-order valence-electron chi connectivity index (χ3n) is 2.05. The Morgan fingerprint density at radius 2 is 1.83 bits per heavy atom. The Balaban J connectivity index is 3.05. The van der Waals surface area contributed by atoms with E-state index < -0.39 is 0 Å². The predicted molar refractivity (Wildman–Crippen MR) is 54.0 cm³/mol. The summed E-state index contributed by atoms with van der Waals surface area (Å²) in [5.74, 6) is 0. The second-order valence-corrected chi connectivity index (χ2v) is 3.16. The molecular weight excluding hydrogens is 148 g/mol. The minimum absolute atomic E-state index is 0.840. The maximum Gasteiger partial charge on any atom is 0.0350 e. The normalized spacial score (nSPS) is 10.2. The topological polar surface area (TPSA) is 52.0 Å². The van der Waals surface area contributed by atoms with Gasteiger partial charge in [0.15, 0.2) is 0 Å². The molecule has 12 heavy (non-hydrogen) atoms. The Kier molecular flexibility index (Phi) is 2.58. The summed E-state index contributed by atoms with van der Waals surface area (Å²) < 4.78 is 0. The van der Waals surface area contributed by atoms with Gasteiger partial charge in [-0.2, -0.15) is 0 Å². The molecule has 0 aliphatic rings. The fourth-order valence-electron chi connectivity index (χ4n) is 1.28. The SMILES string of the molecule is CCCc1cc(N)c(C)cc1N. The zero-order valence-electron chi connectivity index (χ0n) is 7.72. The first-order valence-corrected chi connectivity index (χ1v) is 4.29. The maximum atomic E-state index is 5.82. The van der Waals surface area contributed by atoms with E-state index in [4.69, 9.17) is 11.5 Å². The van der Waals surface area contributed by atoms with Crippen LogP contribution >= 0.6 is 0 Å². The number of aryl methyl sites for hydroxylation is 2. The highest BCUT2D eigenvalue weighted by atomic mass is 14.6. The van der Waals surface area contributed by atoms with Crippen LogP contribution in [0.4, 0.5) is 11.4 Å². The second kappa shape index (κ2) is 3.48. The zero-order valence-corrected chi connectivity index (χ0v) is 7.72. The average molecular weight is 164 g/mol. The molecule has 0 atom stereocenters. The van der Waals surface area contributed by atoms with Crippen molar-refractivity contribution in [1.82, 2.24) is 0 Å². The molecule has 1 rings (SSSR count). The van der Waals surface area contributed by atoms with Crippen LogP contribution in [-0.2, 0) is 6.42 Å². The van der Waals surface area contributed by atoms with E-state index in [1.807, 2.05) is 19.1 Å². The van der Waals surface area contributed by atoms with Crippen LogP contribution in [0.2, 0.25) is 0 Å². The first-order chi connectivity index (χ1) is 5.65. The van der Waals surface area contributed by atoms with E-state index in [0.29, 0.717) is 0 Å². The third kappa shape index (κ3) is 1.70. The van der Waals surface area contributed by atoms with Crippen molar-refractivity contribution < 1.29 is 0 Å². The lowest BCUT2D eigenvalue weighted by atomic mass is 10.0. The van der Waals surface area contributed by atoms with Crippen LogP contribution < -0.4 is 11.5 Å². The van der Waals surface area contributed by atoms with Crippen LogP contribution in [0.3, 0.4) is 0 Å². The standard InChI is InChI=1S/C10H16N2/c1-3-4-8-6-9(11)7(2)5-10(8)12/h5-6H,3-4,11-12H2,1-2H3. The van der Waals surface area contributed by atoms with Crippen molar-refractivity contribution in [3.63, 3.8) is 0 Å². The van der Waals surface area contributed by atoms with Gasteiger partial charge in [0.1, 0.15) is 0 Å². The van der Waals surface area contributed by atoms with E-state index in [1.54, 1.807) is 0 Å². The van der Waals surface area contributed by atoms with Crippen molar-refractivity contribution in [3.05, 3.63) is 23.3 Å². The van der Waals surface area contributed by atoms with E-state index in [2.05, 4.69) is 6.92 Å². The monoisotopic (exact) mass is 164 g/mol. The van der Waals surface area contributed by atoms with Gasteiger partial charge in [0.2, 0.25) is 0 Å². The number of rotatable bonds is 2. The number of nitrogens with two attached hydrogens (primary N) is 2. The van der Waals surface area contributed by atoms with Gasteiger partial charge in [0.05, 0.1) is 0 Å². The fraction of sp³-hybridized carbons (Fsp3) is 0.400. The quantitative estimate of drug-likeness (QED) is 0.658. The number of benzene rings is 1. The minimum atomic E-state index is 0.840. The summed E-state index contributed by atoms with van der Waals surface area (Å²) in [5, 5.41) is 0. The molecule has 0 radical (unpaired) electrons. The second-order valence-electron chi connectivity index (χ2n) is 3.16. The summed E-state index contributed by atoms with van der Waals surface area (Å²) in [6, 6.07) is 3.93. The number of hydrogen-bond donors (Lipinski definition) is 2. The smallest absolute Gasteiger partial charge is 0.0350 e. The van der Waals surface area contributed by atoms with Crippen molar-refractivity contribution in [2.24, 2.45) is 0 Å². The molecule has 66 valence electrons. The first-order valence-electron chi connectivity index (χ1n) is 4.29. The van der Waals surface area contributed by atoms with Crippen LogP contribution in [0.1, 0.15) is 24.5 Å². The lowest BCUT2D eigenvalue weighted by Crippen LogP contribution is -1.98. The molecule has 2 heteroatoms. The molecule has 0 unspecified atom stereocenters. The summed E-state index contributed by atoms with van der Waals surface area (Å²) in [6.45, 7) is 4.11. The van der Waals surface area contributed by atoms with Crippen LogP contribution in [0.15, 0.2) is 12.1 Å². The molecule has 0 aliphatic heterocycles. The van der Waals surface area contributed by atoms with E-state index in [1.165, 1.54) is 5.56 Å². The van der Waals surface area contributed by atoms with E-state index >= 15 is 0 Å². The lowest BCUT2D eigenvalue weighted by Gasteiger charge is -2.07.